The van der Waals surface area contributed by atoms with E-state index in [0.717, 1.165) is 6.26 Å². The lowest BCUT2D eigenvalue weighted by Gasteiger charge is -2.28. The van der Waals surface area contributed by atoms with Crippen LogP contribution >= 0.6 is 0 Å². The lowest BCUT2D eigenvalue weighted by Crippen LogP contribution is -2.54. The topological polar surface area (TPSA) is 91.8 Å². The third-order valence-electron chi connectivity index (χ3n) is 2.62. The van der Waals surface area contributed by atoms with Gasteiger partial charge in [-0.25, -0.2) is 13.1 Å². The number of guanidine groups is 1. The number of sulfonamides is 1. The summed E-state index contributed by atoms with van der Waals surface area (Å²) in [5.41, 5.74) is -0.917. The number of ether oxygens (including phenoxy) is 1. The summed E-state index contributed by atoms with van der Waals surface area (Å²) in [6, 6.07) is 0. The Balaban J connectivity index is 4.40. The Morgan fingerprint density at radius 3 is 2.05 bits per heavy atom. The maximum Gasteiger partial charge on any atom is 0.209 e. The lowest BCUT2D eigenvalue weighted by molar-refractivity contribution is 0.0268. The van der Waals surface area contributed by atoms with Crippen LogP contribution in [-0.4, -0.2) is 59.0 Å². The van der Waals surface area contributed by atoms with Crippen molar-refractivity contribution < 1.29 is 13.2 Å². The Morgan fingerprint density at radius 2 is 1.65 bits per heavy atom. The van der Waals surface area contributed by atoms with Gasteiger partial charge in [0.2, 0.25) is 10.0 Å². The molecule has 0 aliphatic carbocycles. The van der Waals surface area contributed by atoms with Crippen LogP contribution in [0.4, 0.5) is 0 Å². The van der Waals surface area contributed by atoms with Crippen molar-refractivity contribution in [2.45, 2.75) is 38.8 Å². The van der Waals surface area contributed by atoms with Crippen molar-refractivity contribution in [1.29, 1.82) is 0 Å². The molecule has 0 amide bonds. The number of methoxy groups -OCH3 is 1. The number of hydrogen-bond donors (Lipinski definition) is 3. The second-order valence-corrected chi connectivity index (χ2v) is 7.75. The Morgan fingerprint density at radius 1 is 1.15 bits per heavy atom. The Kier molecular flexibility index (Phi) is 6.92. The molecular formula is C12H28N4O3S. The average Bonchev–Trinajstić information content (AvgIpc) is 2.26. The second-order valence-electron chi connectivity index (χ2n) is 6.00. The molecule has 0 saturated carbocycles. The molecule has 3 N–H and O–H groups in total. The summed E-state index contributed by atoms with van der Waals surface area (Å²) in [5.74, 6) is 0.596. The number of aliphatic imine (C=N–C) groups is 1. The van der Waals surface area contributed by atoms with E-state index < -0.39 is 15.6 Å². The molecule has 0 aromatic rings. The summed E-state index contributed by atoms with van der Waals surface area (Å²) in [4.78, 5) is 4.09. The molecule has 0 aliphatic heterocycles. The zero-order chi connectivity index (χ0) is 16.0. The summed E-state index contributed by atoms with van der Waals surface area (Å²) in [5, 5.41) is 6.22. The van der Waals surface area contributed by atoms with Gasteiger partial charge in [0, 0.05) is 32.8 Å². The number of nitrogens with one attached hydrogen (secondary N) is 3. The van der Waals surface area contributed by atoms with Gasteiger partial charge in [-0.2, -0.15) is 0 Å². The maximum absolute atomic E-state index is 11.3. The highest BCUT2D eigenvalue weighted by molar-refractivity contribution is 7.88. The van der Waals surface area contributed by atoms with Crippen LogP contribution in [0.3, 0.4) is 0 Å². The second kappa shape index (κ2) is 7.24. The molecule has 0 aromatic heterocycles. The van der Waals surface area contributed by atoms with Gasteiger partial charge in [0.25, 0.3) is 0 Å². The zero-order valence-corrected chi connectivity index (χ0v) is 14.3. The fourth-order valence-electron chi connectivity index (χ4n) is 1.43. The first kappa shape index (κ1) is 19.1. The summed E-state index contributed by atoms with van der Waals surface area (Å²) in [6.07, 6.45) is 1.14. The third-order valence-corrected chi connectivity index (χ3v) is 3.54. The van der Waals surface area contributed by atoms with Crippen LogP contribution in [0.25, 0.3) is 0 Å². The van der Waals surface area contributed by atoms with Gasteiger partial charge in [0.05, 0.1) is 11.9 Å². The van der Waals surface area contributed by atoms with Crippen LogP contribution < -0.4 is 15.4 Å². The summed E-state index contributed by atoms with van der Waals surface area (Å²) in [6.45, 7) is 8.52. The van der Waals surface area contributed by atoms with Crippen molar-refractivity contribution in [2.24, 2.45) is 4.99 Å². The van der Waals surface area contributed by atoms with Gasteiger partial charge in [-0.05, 0) is 27.7 Å². The Hall–Kier alpha value is -0.860. The van der Waals surface area contributed by atoms with Crippen LogP contribution in [0.15, 0.2) is 4.99 Å². The van der Waals surface area contributed by atoms with Crippen molar-refractivity contribution in [3.8, 4) is 0 Å². The highest BCUT2D eigenvalue weighted by Gasteiger charge is 2.23. The van der Waals surface area contributed by atoms with E-state index in [2.05, 4.69) is 20.3 Å². The normalized spacial score (nSPS) is 14.2. The molecule has 20 heavy (non-hydrogen) atoms. The van der Waals surface area contributed by atoms with Crippen molar-refractivity contribution >= 4 is 16.0 Å². The van der Waals surface area contributed by atoms with Gasteiger partial charge in [0.1, 0.15) is 0 Å². The molecule has 120 valence electrons. The van der Waals surface area contributed by atoms with Crippen LogP contribution in [0, 0.1) is 0 Å². The number of hydrogen-bond acceptors (Lipinski definition) is 4. The van der Waals surface area contributed by atoms with Gasteiger partial charge in [-0.1, -0.05) is 0 Å². The quantitative estimate of drug-likeness (QED) is 0.451. The van der Waals surface area contributed by atoms with Gasteiger partial charge in [-0.3, -0.25) is 4.99 Å². The van der Waals surface area contributed by atoms with E-state index in [9.17, 15) is 8.42 Å². The number of nitrogens with zero attached hydrogens (tertiary/aromatic N) is 1. The fourth-order valence-corrected chi connectivity index (χ4v) is 2.51. The van der Waals surface area contributed by atoms with Crippen LogP contribution in [0.1, 0.15) is 27.7 Å². The molecule has 0 fully saturated rings. The molecule has 0 rings (SSSR count). The van der Waals surface area contributed by atoms with Gasteiger partial charge in [0.15, 0.2) is 5.96 Å². The molecule has 0 aliphatic rings. The highest BCUT2D eigenvalue weighted by atomic mass is 32.2. The number of rotatable bonds is 7. The van der Waals surface area contributed by atoms with E-state index in [-0.39, 0.29) is 5.60 Å². The highest BCUT2D eigenvalue weighted by Crippen LogP contribution is 2.05. The minimum Gasteiger partial charge on any atom is -0.377 e. The fraction of sp³-hybridized carbons (Fsp3) is 0.917. The standard InChI is InChI=1S/C12H28N4O3S/c1-11(2,16-20(7,17)18)8-14-10(13-5)15-9-12(3,4)19-6/h16H,8-9H2,1-7H3,(H2,13,14,15). The van der Waals surface area contributed by atoms with E-state index in [0.29, 0.717) is 19.0 Å². The minimum absolute atomic E-state index is 0.307. The predicted octanol–water partition coefficient (Wildman–Crippen LogP) is -0.0958. The third kappa shape index (κ3) is 9.11. The van der Waals surface area contributed by atoms with Crippen molar-refractivity contribution in [3.05, 3.63) is 0 Å². The zero-order valence-electron chi connectivity index (χ0n) is 13.5. The molecule has 7 nitrogen and oxygen atoms in total. The van der Waals surface area contributed by atoms with Crippen molar-refractivity contribution in [2.75, 3.05) is 33.5 Å². The molecule has 0 unspecified atom stereocenters. The first-order chi connectivity index (χ1) is 8.91. The SMILES string of the molecule is CN=C(NCC(C)(C)NS(C)(=O)=O)NCC(C)(C)OC. The van der Waals surface area contributed by atoms with Gasteiger partial charge < -0.3 is 15.4 Å². The molecular weight excluding hydrogens is 280 g/mol. The average molecular weight is 308 g/mol. The van der Waals surface area contributed by atoms with Gasteiger partial charge in [-0.15, -0.1) is 0 Å². The summed E-state index contributed by atoms with van der Waals surface area (Å²) in [7, 11) is 0.0625. The molecule has 0 spiro atoms. The van der Waals surface area contributed by atoms with Crippen LogP contribution in [0.5, 0.6) is 0 Å². The maximum atomic E-state index is 11.3. The van der Waals surface area contributed by atoms with E-state index in [4.69, 9.17) is 4.74 Å². The summed E-state index contributed by atoms with van der Waals surface area (Å²) >= 11 is 0. The van der Waals surface area contributed by atoms with Crippen molar-refractivity contribution in [1.82, 2.24) is 15.4 Å². The first-order valence-corrected chi connectivity index (χ1v) is 8.28. The smallest absolute Gasteiger partial charge is 0.209 e. The van der Waals surface area contributed by atoms with Crippen LogP contribution in [-0.2, 0) is 14.8 Å². The van der Waals surface area contributed by atoms with Crippen molar-refractivity contribution in [3.63, 3.8) is 0 Å². The van der Waals surface area contributed by atoms with Gasteiger partial charge >= 0.3 is 0 Å². The first-order valence-electron chi connectivity index (χ1n) is 6.39. The monoisotopic (exact) mass is 308 g/mol. The Bertz CT molecular complexity index is 430. The predicted molar refractivity (Wildman–Crippen MR) is 82.5 cm³/mol. The molecule has 0 saturated heterocycles. The largest absolute Gasteiger partial charge is 0.377 e. The molecule has 0 heterocycles. The van der Waals surface area contributed by atoms with E-state index in [1.807, 2.05) is 13.8 Å². The van der Waals surface area contributed by atoms with E-state index in [1.165, 1.54) is 0 Å². The van der Waals surface area contributed by atoms with E-state index >= 15 is 0 Å². The molecule has 0 bridgehead atoms. The molecule has 8 heteroatoms. The summed E-state index contributed by atoms with van der Waals surface area (Å²) < 4.78 is 30.4. The van der Waals surface area contributed by atoms with Crippen LogP contribution in [0.2, 0.25) is 0 Å². The molecule has 0 atom stereocenters. The lowest BCUT2D eigenvalue weighted by atomic mass is 10.1. The van der Waals surface area contributed by atoms with E-state index in [1.54, 1.807) is 28.0 Å². The molecule has 0 aromatic carbocycles. The molecule has 0 radical (unpaired) electrons. The Labute approximate surface area is 122 Å². The minimum atomic E-state index is -3.25.